The van der Waals surface area contributed by atoms with E-state index in [2.05, 4.69) is 38.6 Å². The summed E-state index contributed by atoms with van der Waals surface area (Å²) >= 11 is 1.87. The molecule has 1 aliphatic rings. The van der Waals surface area contributed by atoms with Gasteiger partial charge < -0.3 is 0 Å². The monoisotopic (exact) mass is 239 g/mol. The van der Waals surface area contributed by atoms with E-state index < -0.39 is 0 Å². The molecule has 0 amide bonds. The highest BCUT2D eigenvalue weighted by atomic mass is 32.2. The summed E-state index contributed by atoms with van der Waals surface area (Å²) < 4.78 is 2.13. The molecule has 0 fully saturated rings. The molecule has 0 bridgehead atoms. The van der Waals surface area contributed by atoms with Crippen LogP contribution in [0.3, 0.4) is 0 Å². The third-order valence-electron chi connectivity index (χ3n) is 3.04. The number of thioether (sulfide) groups is 1. The van der Waals surface area contributed by atoms with E-state index >= 15 is 0 Å². The van der Waals surface area contributed by atoms with E-state index in [1.54, 1.807) is 6.20 Å². The van der Waals surface area contributed by atoms with Crippen molar-refractivity contribution in [1.29, 1.82) is 0 Å². The van der Waals surface area contributed by atoms with Crippen molar-refractivity contribution >= 4 is 17.4 Å². The molecule has 0 saturated carbocycles. The number of aromatic nitrogens is 3. The summed E-state index contributed by atoms with van der Waals surface area (Å²) in [5.41, 5.74) is 4.54. The lowest BCUT2D eigenvalue weighted by Gasteiger charge is -2.14. The number of hydrogen-bond acceptors (Lipinski definition) is 3. The van der Waals surface area contributed by atoms with Crippen molar-refractivity contribution in [3.63, 3.8) is 0 Å². The molecule has 0 spiro atoms. The molecule has 3 heterocycles. The summed E-state index contributed by atoms with van der Waals surface area (Å²) in [6.07, 6.45) is 5.60. The summed E-state index contributed by atoms with van der Waals surface area (Å²) in [6.45, 7) is 0. The number of hydrogen-bond donors (Lipinski definition) is 0. The fourth-order valence-corrected chi connectivity index (χ4v) is 3.31. The van der Waals surface area contributed by atoms with Crippen LogP contribution in [0.4, 0.5) is 0 Å². The van der Waals surface area contributed by atoms with Gasteiger partial charge in [-0.1, -0.05) is 18.2 Å². The summed E-state index contributed by atoms with van der Waals surface area (Å²) in [5, 5.41) is 0. The SMILES string of the molecule is c1ccc2c(c1)SCc1c-2nc2cnccn12. The zero-order chi connectivity index (χ0) is 11.2. The predicted octanol–water partition coefficient (Wildman–Crippen LogP) is 3.00. The summed E-state index contributed by atoms with van der Waals surface area (Å²) in [4.78, 5) is 10.1. The molecule has 0 atom stereocenters. The van der Waals surface area contributed by atoms with E-state index in [4.69, 9.17) is 0 Å². The fraction of sp³-hybridized carbons (Fsp3) is 0.0769. The second-order valence-electron chi connectivity index (χ2n) is 4.00. The van der Waals surface area contributed by atoms with Crippen LogP contribution in [0.1, 0.15) is 5.69 Å². The van der Waals surface area contributed by atoms with E-state index in [0.29, 0.717) is 0 Å². The molecule has 17 heavy (non-hydrogen) atoms. The summed E-state index contributed by atoms with van der Waals surface area (Å²) in [5.74, 6) is 0.970. The lowest BCUT2D eigenvalue weighted by Crippen LogP contribution is -1.97. The van der Waals surface area contributed by atoms with Gasteiger partial charge in [0.05, 0.1) is 17.6 Å². The van der Waals surface area contributed by atoms with Crippen LogP contribution in [0.5, 0.6) is 0 Å². The van der Waals surface area contributed by atoms with Gasteiger partial charge in [-0.3, -0.25) is 9.38 Å². The standard InChI is InChI=1S/C13H9N3S/c1-2-4-11-9(3-1)13-10(8-17-11)16-6-5-14-7-12(16)15-13/h1-7H,8H2. The van der Waals surface area contributed by atoms with Crippen LogP contribution in [0, 0.1) is 0 Å². The maximum atomic E-state index is 4.68. The Labute approximate surface area is 103 Å². The first-order chi connectivity index (χ1) is 8.43. The van der Waals surface area contributed by atoms with E-state index in [0.717, 1.165) is 17.1 Å². The first kappa shape index (κ1) is 9.24. The van der Waals surface area contributed by atoms with E-state index in [1.165, 1.54) is 16.2 Å². The molecule has 0 unspecified atom stereocenters. The summed E-state index contributed by atoms with van der Waals surface area (Å²) in [6, 6.07) is 8.44. The van der Waals surface area contributed by atoms with Crippen molar-refractivity contribution in [3.05, 3.63) is 48.5 Å². The molecule has 0 N–H and O–H groups in total. The highest BCUT2D eigenvalue weighted by molar-refractivity contribution is 7.98. The molecule has 0 saturated heterocycles. The number of imidazole rings is 1. The second-order valence-corrected chi connectivity index (χ2v) is 5.01. The van der Waals surface area contributed by atoms with Crippen LogP contribution in [0.25, 0.3) is 16.9 Å². The van der Waals surface area contributed by atoms with Crippen molar-refractivity contribution in [2.75, 3.05) is 0 Å². The summed E-state index contributed by atoms with van der Waals surface area (Å²) in [7, 11) is 0. The van der Waals surface area contributed by atoms with Gasteiger partial charge in [0, 0.05) is 28.6 Å². The normalized spacial score (nSPS) is 13.4. The van der Waals surface area contributed by atoms with Crippen molar-refractivity contribution in [2.24, 2.45) is 0 Å². The molecule has 3 nitrogen and oxygen atoms in total. The second kappa shape index (κ2) is 3.34. The van der Waals surface area contributed by atoms with Gasteiger partial charge in [0.1, 0.15) is 0 Å². The van der Waals surface area contributed by atoms with Gasteiger partial charge >= 0.3 is 0 Å². The van der Waals surface area contributed by atoms with Crippen LogP contribution in [0.2, 0.25) is 0 Å². The van der Waals surface area contributed by atoms with Gasteiger partial charge in [-0.2, -0.15) is 0 Å². The van der Waals surface area contributed by atoms with Crippen molar-refractivity contribution < 1.29 is 0 Å². The first-order valence-corrected chi connectivity index (χ1v) is 6.45. The van der Waals surface area contributed by atoms with Gasteiger partial charge in [0.15, 0.2) is 5.65 Å². The number of nitrogens with zero attached hydrogens (tertiary/aromatic N) is 3. The Morgan fingerprint density at radius 3 is 3.18 bits per heavy atom. The molecule has 0 aliphatic carbocycles. The number of benzene rings is 1. The Balaban J connectivity index is 2.10. The predicted molar refractivity (Wildman–Crippen MR) is 68.0 cm³/mol. The Kier molecular flexibility index (Phi) is 1.82. The number of rotatable bonds is 0. The zero-order valence-electron chi connectivity index (χ0n) is 9.00. The third kappa shape index (κ3) is 1.24. The molecular formula is C13H9N3S. The van der Waals surface area contributed by atoms with Crippen LogP contribution in [0.15, 0.2) is 47.8 Å². The highest BCUT2D eigenvalue weighted by Gasteiger charge is 2.21. The van der Waals surface area contributed by atoms with E-state index in [1.807, 2.05) is 24.2 Å². The lowest BCUT2D eigenvalue weighted by molar-refractivity contribution is 1.06. The maximum absolute atomic E-state index is 4.68. The quantitative estimate of drug-likeness (QED) is 0.604. The van der Waals surface area contributed by atoms with Crippen LogP contribution < -0.4 is 0 Å². The van der Waals surface area contributed by atoms with Crippen LogP contribution >= 0.6 is 11.8 Å². The molecule has 2 aromatic heterocycles. The van der Waals surface area contributed by atoms with Gasteiger partial charge in [-0.15, -0.1) is 11.8 Å². The topological polar surface area (TPSA) is 30.2 Å². The largest absolute Gasteiger partial charge is 0.300 e. The molecule has 1 aliphatic heterocycles. The molecule has 82 valence electrons. The molecule has 4 rings (SSSR count). The fourth-order valence-electron chi connectivity index (χ4n) is 2.25. The molecule has 1 aromatic carbocycles. The number of fused-ring (bicyclic) bond motifs is 5. The Hall–Kier alpha value is -1.81. The maximum Gasteiger partial charge on any atom is 0.156 e. The van der Waals surface area contributed by atoms with Gasteiger partial charge in [0.2, 0.25) is 0 Å². The van der Waals surface area contributed by atoms with Crippen LogP contribution in [-0.4, -0.2) is 14.4 Å². The minimum Gasteiger partial charge on any atom is -0.300 e. The smallest absolute Gasteiger partial charge is 0.156 e. The minimum absolute atomic E-state index is 0.926. The Morgan fingerprint density at radius 2 is 2.18 bits per heavy atom. The molecule has 0 radical (unpaired) electrons. The lowest BCUT2D eigenvalue weighted by atomic mass is 10.1. The minimum atomic E-state index is 0.926. The van der Waals surface area contributed by atoms with Crippen molar-refractivity contribution in [2.45, 2.75) is 10.6 Å². The molecular weight excluding hydrogens is 230 g/mol. The van der Waals surface area contributed by atoms with Gasteiger partial charge in [0.25, 0.3) is 0 Å². The zero-order valence-corrected chi connectivity index (χ0v) is 9.81. The van der Waals surface area contributed by atoms with E-state index in [9.17, 15) is 0 Å². The van der Waals surface area contributed by atoms with Crippen LogP contribution in [-0.2, 0) is 5.75 Å². The van der Waals surface area contributed by atoms with Gasteiger partial charge in [-0.25, -0.2) is 4.98 Å². The van der Waals surface area contributed by atoms with Gasteiger partial charge in [-0.05, 0) is 6.07 Å². The van der Waals surface area contributed by atoms with Crippen molar-refractivity contribution in [1.82, 2.24) is 14.4 Å². The highest BCUT2D eigenvalue weighted by Crippen LogP contribution is 2.40. The average Bonchev–Trinajstić information content (AvgIpc) is 2.78. The Morgan fingerprint density at radius 1 is 1.24 bits per heavy atom. The molecule has 3 aromatic rings. The van der Waals surface area contributed by atoms with E-state index in [-0.39, 0.29) is 0 Å². The van der Waals surface area contributed by atoms with Crippen molar-refractivity contribution in [3.8, 4) is 11.3 Å². The Bertz CT molecular complexity index is 718. The average molecular weight is 239 g/mol. The third-order valence-corrected chi connectivity index (χ3v) is 4.12. The first-order valence-electron chi connectivity index (χ1n) is 5.46. The molecule has 4 heteroatoms.